The lowest BCUT2D eigenvalue weighted by Gasteiger charge is -2.45. The molecule has 1 heterocycles. The van der Waals surface area contributed by atoms with Crippen LogP contribution in [0.4, 0.5) is 4.79 Å². The van der Waals surface area contributed by atoms with Crippen LogP contribution < -0.4 is 0 Å². The van der Waals surface area contributed by atoms with Gasteiger partial charge in [-0.1, -0.05) is 47.5 Å². The lowest BCUT2D eigenvalue weighted by atomic mass is 9.95. The molecule has 0 unspecified atom stereocenters. The molecule has 1 fully saturated rings. The summed E-state index contributed by atoms with van der Waals surface area (Å²) in [7, 11) is 1.68. The minimum atomic E-state index is -0.533. The number of hydrogen-bond donors (Lipinski definition) is 0. The quantitative estimate of drug-likeness (QED) is 0.507. The van der Waals surface area contributed by atoms with Crippen LogP contribution in [-0.4, -0.2) is 60.9 Å². The van der Waals surface area contributed by atoms with E-state index >= 15 is 0 Å². The maximum absolute atomic E-state index is 12.9. The lowest BCUT2D eigenvalue weighted by Crippen LogP contribution is -2.57. The van der Waals surface area contributed by atoms with E-state index in [1.165, 1.54) is 0 Å². The lowest BCUT2D eigenvalue weighted by molar-refractivity contribution is -0.0105. The van der Waals surface area contributed by atoms with Crippen molar-refractivity contribution >= 4 is 29.3 Å². The number of hydrogen-bond acceptors (Lipinski definition) is 4. The molecule has 1 saturated heterocycles. The van der Waals surface area contributed by atoms with E-state index in [-0.39, 0.29) is 18.2 Å². The molecule has 5 nitrogen and oxygen atoms in total. The Morgan fingerprint density at radius 2 is 1.53 bits per heavy atom. The Kier molecular flexibility index (Phi) is 8.45. The Hall–Kier alpha value is -1.79. The first-order valence-electron chi connectivity index (χ1n) is 10.9. The van der Waals surface area contributed by atoms with Gasteiger partial charge in [-0.25, -0.2) is 4.79 Å². The molecule has 0 aromatic heterocycles. The minimum absolute atomic E-state index is 0.0133. The number of amides is 1. The molecule has 2 aromatic rings. The average Bonchev–Trinajstić information content (AvgIpc) is 2.74. The zero-order valence-corrected chi connectivity index (χ0v) is 20.7. The van der Waals surface area contributed by atoms with Gasteiger partial charge in [0.15, 0.2) is 0 Å². The number of carbonyl (C=O) groups is 1. The van der Waals surface area contributed by atoms with E-state index in [0.29, 0.717) is 29.7 Å². The van der Waals surface area contributed by atoms with Gasteiger partial charge < -0.3 is 14.4 Å². The van der Waals surface area contributed by atoms with E-state index in [1.54, 1.807) is 7.11 Å². The topological polar surface area (TPSA) is 42.0 Å². The van der Waals surface area contributed by atoms with Crippen LogP contribution in [0.3, 0.4) is 0 Å². The standard InChI is InChI=1S/C25H32Cl2N2O3/c1-25(2,3)32-24(30)29-15-14-28(17-22(29)13-16-31-4)23(18-5-9-20(26)10-6-18)19-7-11-21(27)12-8-19/h5-12,22-23H,13-17H2,1-4H3/t22-/m0/s1. The highest BCUT2D eigenvalue weighted by molar-refractivity contribution is 6.30. The molecule has 1 amide bonds. The molecule has 0 radical (unpaired) electrons. The summed E-state index contributed by atoms with van der Waals surface area (Å²) in [5.74, 6) is 0. The van der Waals surface area contributed by atoms with Crippen molar-refractivity contribution in [2.24, 2.45) is 0 Å². The molecule has 1 atom stereocenters. The van der Waals surface area contributed by atoms with Crippen molar-refractivity contribution < 1.29 is 14.3 Å². The number of piperazine rings is 1. The van der Waals surface area contributed by atoms with Gasteiger partial charge in [-0.3, -0.25) is 4.90 Å². The highest BCUT2D eigenvalue weighted by atomic mass is 35.5. The number of methoxy groups -OCH3 is 1. The van der Waals surface area contributed by atoms with Gasteiger partial charge in [0.1, 0.15) is 5.60 Å². The molecular weight excluding hydrogens is 447 g/mol. The Morgan fingerprint density at radius 1 is 1.00 bits per heavy atom. The Balaban J connectivity index is 1.89. The molecular formula is C25H32Cl2N2O3. The van der Waals surface area contributed by atoms with Crippen LogP contribution in [0.5, 0.6) is 0 Å². The molecule has 7 heteroatoms. The minimum Gasteiger partial charge on any atom is -0.444 e. The maximum atomic E-state index is 12.9. The summed E-state index contributed by atoms with van der Waals surface area (Å²) < 4.78 is 11.0. The molecule has 2 aromatic carbocycles. The molecule has 0 spiro atoms. The highest BCUT2D eigenvalue weighted by Crippen LogP contribution is 2.33. The van der Waals surface area contributed by atoms with Crippen molar-refractivity contribution in [1.29, 1.82) is 0 Å². The molecule has 1 aliphatic heterocycles. The van der Waals surface area contributed by atoms with Crippen molar-refractivity contribution in [2.75, 3.05) is 33.4 Å². The molecule has 0 bridgehead atoms. The first-order valence-corrected chi connectivity index (χ1v) is 11.7. The zero-order chi connectivity index (χ0) is 23.3. The van der Waals surface area contributed by atoms with Crippen LogP contribution in [0.15, 0.2) is 48.5 Å². The van der Waals surface area contributed by atoms with Gasteiger partial charge in [0.05, 0.1) is 12.1 Å². The normalized spacial score (nSPS) is 17.6. The third-order valence-corrected chi connectivity index (χ3v) is 6.04. The van der Waals surface area contributed by atoms with E-state index in [4.69, 9.17) is 32.7 Å². The summed E-state index contributed by atoms with van der Waals surface area (Å²) in [6.07, 6.45) is 0.466. The molecule has 3 rings (SSSR count). The average molecular weight is 479 g/mol. The number of rotatable bonds is 6. The molecule has 174 valence electrons. The fraction of sp³-hybridized carbons (Fsp3) is 0.480. The number of nitrogens with zero attached hydrogens (tertiary/aromatic N) is 2. The summed E-state index contributed by atoms with van der Waals surface area (Å²) in [6, 6.07) is 15.9. The van der Waals surface area contributed by atoms with Gasteiger partial charge in [0.2, 0.25) is 0 Å². The van der Waals surface area contributed by atoms with Gasteiger partial charge in [-0.15, -0.1) is 0 Å². The molecule has 1 aliphatic rings. The van der Waals surface area contributed by atoms with Crippen LogP contribution in [0.25, 0.3) is 0 Å². The van der Waals surface area contributed by atoms with E-state index in [9.17, 15) is 4.79 Å². The van der Waals surface area contributed by atoms with E-state index in [2.05, 4.69) is 29.2 Å². The van der Waals surface area contributed by atoms with E-state index in [0.717, 1.165) is 24.1 Å². The first-order chi connectivity index (χ1) is 15.2. The Bertz CT molecular complexity index is 836. The second kappa shape index (κ2) is 10.9. The van der Waals surface area contributed by atoms with Crippen molar-refractivity contribution in [2.45, 2.75) is 44.9 Å². The fourth-order valence-electron chi connectivity index (χ4n) is 4.08. The van der Waals surface area contributed by atoms with Crippen molar-refractivity contribution in [3.8, 4) is 0 Å². The summed E-state index contributed by atoms with van der Waals surface area (Å²) in [6.45, 7) is 8.26. The van der Waals surface area contributed by atoms with Gasteiger partial charge in [-0.05, 0) is 62.6 Å². The Morgan fingerprint density at radius 3 is 2.00 bits per heavy atom. The fourth-order valence-corrected chi connectivity index (χ4v) is 4.33. The van der Waals surface area contributed by atoms with Crippen molar-refractivity contribution in [3.63, 3.8) is 0 Å². The number of halogens is 2. The SMILES string of the molecule is COCC[C@H]1CN(C(c2ccc(Cl)cc2)c2ccc(Cl)cc2)CCN1C(=O)OC(C)(C)C. The van der Waals surface area contributed by atoms with Gasteiger partial charge in [0, 0.05) is 43.4 Å². The predicted octanol–water partition coefficient (Wildman–Crippen LogP) is 6.04. The largest absolute Gasteiger partial charge is 0.444 e. The summed E-state index contributed by atoms with van der Waals surface area (Å²) >= 11 is 12.3. The molecule has 0 N–H and O–H groups in total. The third-order valence-electron chi connectivity index (χ3n) is 5.53. The maximum Gasteiger partial charge on any atom is 0.410 e. The van der Waals surface area contributed by atoms with E-state index < -0.39 is 5.60 Å². The summed E-state index contributed by atoms with van der Waals surface area (Å²) in [5, 5.41) is 1.41. The van der Waals surface area contributed by atoms with Crippen molar-refractivity contribution in [1.82, 2.24) is 9.80 Å². The van der Waals surface area contributed by atoms with Crippen LogP contribution in [0, 0.1) is 0 Å². The summed E-state index contributed by atoms with van der Waals surface area (Å²) in [4.78, 5) is 17.2. The number of carbonyl (C=O) groups excluding carboxylic acids is 1. The number of ether oxygens (including phenoxy) is 2. The highest BCUT2D eigenvalue weighted by Gasteiger charge is 2.36. The monoisotopic (exact) mass is 478 g/mol. The Labute approximate surface area is 201 Å². The molecule has 32 heavy (non-hydrogen) atoms. The van der Waals surface area contributed by atoms with Crippen molar-refractivity contribution in [3.05, 3.63) is 69.7 Å². The zero-order valence-electron chi connectivity index (χ0n) is 19.2. The van der Waals surface area contributed by atoms with Crippen LogP contribution >= 0.6 is 23.2 Å². The predicted molar refractivity (Wildman–Crippen MR) is 130 cm³/mol. The van der Waals surface area contributed by atoms with Gasteiger partial charge >= 0.3 is 6.09 Å². The van der Waals surface area contributed by atoms with Gasteiger partial charge in [0.25, 0.3) is 0 Å². The van der Waals surface area contributed by atoms with Crippen LogP contribution in [0.1, 0.15) is 44.4 Å². The molecule has 0 aliphatic carbocycles. The second-order valence-electron chi connectivity index (χ2n) is 9.11. The molecule has 0 saturated carbocycles. The van der Waals surface area contributed by atoms with E-state index in [1.807, 2.05) is 49.9 Å². The van der Waals surface area contributed by atoms with Crippen LogP contribution in [0.2, 0.25) is 10.0 Å². The summed E-state index contributed by atoms with van der Waals surface area (Å²) in [5.41, 5.74) is 1.76. The van der Waals surface area contributed by atoms with Gasteiger partial charge in [-0.2, -0.15) is 0 Å². The smallest absolute Gasteiger partial charge is 0.410 e. The first kappa shape index (κ1) is 24.8. The van der Waals surface area contributed by atoms with Crippen LogP contribution in [-0.2, 0) is 9.47 Å². The number of benzene rings is 2. The second-order valence-corrected chi connectivity index (χ2v) is 9.98. The third kappa shape index (κ3) is 6.61.